The van der Waals surface area contributed by atoms with E-state index in [0.717, 1.165) is 44.9 Å². The normalized spacial score (nSPS) is 14.3. The quantitative estimate of drug-likeness (QED) is 0.0272. The smallest absolute Gasteiger partial charge is 0.268 e. The Morgan fingerprint density at radius 2 is 0.875 bits per heavy atom. The van der Waals surface area contributed by atoms with Crippen molar-refractivity contribution in [2.24, 2.45) is 0 Å². The van der Waals surface area contributed by atoms with Gasteiger partial charge in [-0.15, -0.1) is 0 Å². The summed E-state index contributed by atoms with van der Waals surface area (Å²) in [6, 6.07) is -0.907. The highest BCUT2D eigenvalue weighted by molar-refractivity contribution is 7.45. The van der Waals surface area contributed by atoms with Crippen LogP contribution in [0.2, 0.25) is 0 Å². The van der Waals surface area contributed by atoms with Gasteiger partial charge in [0, 0.05) is 6.42 Å². The van der Waals surface area contributed by atoms with Crippen LogP contribution < -0.4 is 10.2 Å². The van der Waals surface area contributed by atoms with Crippen LogP contribution in [0.25, 0.3) is 0 Å². The minimum Gasteiger partial charge on any atom is -0.756 e. The summed E-state index contributed by atoms with van der Waals surface area (Å²) >= 11 is 0. The number of aliphatic hydroxyl groups is 1. The van der Waals surface area contributed by atoms with Gasteiger partial charge >= 0.3 is 0 Å². The Bertz CT molecular complexity index is 1140. The number of rotatable bonds is 50. The summed E-state index contributed by atoms with van der Waals surface area (Å²) in [6.45, 7) is 4.65. The van der Waals surface area contributed by atoms with E-state index in [4.69, 9.17) is 9.05 Å². The molecule has 9 heteroatoms. The van der Waals surface area contributed by atoms with Gasteiger partial charge in [-0.3, -0.25) is 9.36 Å². The molecule has 0 aromatic carbocycles. The number of unbranched alkanes of at least 4 members (excludes halogenated alkanes) is 33. The van der Waals surface area contributed by atoms with Gasteiger partial charge in [0.2, 0.25) is 5.91 Å². The number of amides is 1. The topological polar surface area (TPSA) is 108 Å². The second kappa shape index (κ2) is 46.8. The maximum Gasteiger partial charge on any atom is 0.268 e. The molecule has 0 bridgehead atoms. The van der Waals surface area contributed by atoms with Gasteiger partial charge in [-0.05, 0) is 44.9 Å². The van der Waals surface area contributed by atoms with Crippen LogP contribution in [-0.4, -0.2) is 68.5 Å². The summed E-state index contributed by atoms with van der Waals surface area (Å²) in [6.07, 6.45) is 59.3. The van der Waals surface area contributed by atoms with E-state index in [1.165, 1.54) is 193 Å². The molecule has 0 aliphatic heterocycles. The van der Waals surface area contributed by atoms with Crippen LogP contribution >= 0.6 is 7.82 Å². The van der Waals surface area contributed by atoms with Crippen molar-refractivity contribution in [3.8, 4) is 0 Å². The number of aliphatic hydroxyl groups excluding tert-OH is 1. The van der Waals surface area contributed by atoms with Gasteiger partial charge in [-0.25, -0.2) is 0 Å². The molecule has 0 heterocycles. The highest BCUT2D eigenvalue weighted by Gasteiger charge is 2.23. The van der Waals surface area contributed by atoms with Crippen LogP contribution in [0.4, 0.5) is 0 Å². The van der Waals surface area contributed by atoms with Crippen LogP contribution in [0.5, 0.6) is 0 Å². The van der Waals surface area contributed by atoms with Crippen LogP contribution in [0.1, 0.15) is 258 Å². The highest BCUT2D eigenvalue weighted by atomic mass is 31.2. The van der Waals surface area contributed by atoms with Gasteiger partial charge in [0.05, 0.1) is 39.9 Å². The van der Waals surface area contributed by atoms with Gasteiger partial charge in [0.25, 0.3) is 7.82 Å². The Labute approximate surface area is 397 Å². The molecule has 0 rings (SSSR count). The third-order valence-corrected chi connectivity index (χ3v) is 13.3. The van der Waals surface area contributed by atoms with Crippen LogP contribution in [-0.2, 0) is 18.4 Å². The molecule has 0 fully saturated rings. The fourth-order valence-corrected chi connectivity index (χ4v) is 8.73. The summed E-state index contributed by atoms with van der Waals surface area (Å²) in [5, 5.41) is 13.8. The van der Waals surface area contributed by atoms with E-state index in [9.17, 15) is 19.4 Å². The predicted molar refractivity (Wildman–Crippen MR) is 275 cm³/mol. The zero-order valence-electron chi connectivity index (χ0n) is 43.0. The fourth-order valence-electron chi connectivity index (χ4n) is 8.01. The zero-order chi connectivity index (χ0) is 47.1. The first-order valence-corrected chi connectivity index (χ1v) is 28.8. The third-order valence-electron chi connectivity index (χ3n) is 12.3. The molecule has 0 aliphatic carbocycles. The van der Waals surface area contributed by atoms with Crippen molar-refractivity contribution in [1.82, 2.24) is 5.32 Å². The van der Waals surface area contributed by atoms with Gasteiger partial charge in [-0.2, -0.15) is 0 Å². The average Bonchev–Trinajstić information content (AvgIpc) is 3.25. The highest BCUT2D eigenvalue weighted by Crippen LogP contribution is 2.38. The lowest BCUT2D eigenvalue weighted by Crippen LogP contribution is -2.45. The van der Waals surface area contributed by atoms with E-state index < -0.39 is 26.6 Å². The number of phosphoric ester groups is 1. The van der Waals surface area contributed by atoms with E-state index >= 15 is 0 Å². The average molecular weight is 923 g/mol. The molecule has 3 unspecified atom stereocenters. The second-order valence-electron chi connectivity index (χ2n) is 19.9. The molecule has 0 aliphatic rings. The molecule has 8 nitrogen and oxygen atoms in total. The molecule has 1 amide bonds. The van der Waals surface area contributed by atoms with Crippen molar-refractivity contribution in [2.45, 2.75) is 270 Å². The number of hydrogen-bond acceptors (Lipinski definition) is 6. The van der Waals surface area contributed by atoms with E-state index in [2.05, 4.69) is 43.5 Å². The standard InChI is InChI=1S/C55H107N2O6P/c1-6-8-10-12-14-16-18-20-22-24-26-28-29-30-32-34-36-38-40-42-44-46-48-54(58)53(52-63-64(60,61)62-51-50-57(3,4)5)56-55(59)49-47-45-43-41-39-37-35-33-31-27-25-23-21-19-17-15-13-11-9-7-2/h30,32,38,40,46,48,53-54,58H,6-29,31,33-37,39,41-45,47,49-52H2,1-5H3,(H-,56,59,60,61)/b32-30+,40-38+,48-46+. The molecule has 0 radical (unpaired) electrons. The number of carbonyl (C=O) groups is 1. The zero-order valence-corrected chi connectivity index (χ0v) is 43.9. The predicted octanol–water partition coefficient (Wildman–Crippen LogP) is 15.6. The fraction of sp³-hybridized carbons (Fsp3) is 0.873. The molecule has 0 saturated carbocycles. The first kappa shape index (κ1) is 62.7. The number of nitrogens with one attached hydrogen (secondary N) is 1. The summed E-state index contributed by atoms with van der Waals surface area (Å²) in [7, 11) is 1.24. The van der Waals surface area contributed by atoms with Crippen LogP contribution in [0, 0.1) is 0 Å². The molecule has 0 aromatic heterocycles. The first-order chi connectivity index (χ1) is 31.0. The number of nitrogens with zero attached hydrogens (tertiary/aromatic N) is 1. The second-order valence-corrected chi connectivity index (χ2v) is 21.3. The number of phosphoric acid groups is 1. The maximum atomic E-state index is 12.9. The molecule has 0 aromatic rings. The van der Waals surface area contributed by atoms with Crippen molar-refractivity contribution in [2.75, 3.05) is 40.9 Å². The summed E-state index contributed by atoms with van der Waals surface area (Å²) in [5.41, 5.74) is 0. The van der Waals surface area contributed by atoms with Crippen molar-refractivity contribution in [3.05, 3.63) is 36.5 Å². The largest absolute Gasteiger partial charge is 0.756 e. The van der Waals surface area contributed by atoms with Gasteiger partial charge in [0.15, 0.2) is 0 Å². The van der Waals surface area contributed by atoms with Crippen LogP contribution in [0.15, 0.2) is 36.5 Å². The van der Waals surface area contributed by atoms with E-state index in [-0.39, 0.29) is 12.5 Å². The van der Waals surface area contributed by atoms with Crippen LogP contribution in [0.3, 0.4) is 0 Å². The Morgan fingerprint density at radius 3 is 1.27 bits per heavy atom. The summed E-state index contributed by atoms with van der Waals surface area (Å²) in [5.74, 6) is -0.207. The van der Waals surface area contributed by atoms with Crippen molar-refractivity contribution in [3.63, 3.8) is 0 Å². The van der Waals surface area contributed by atoms with Gasteiger partial charge < -0.3 is 28.8 Å². The monoisotopic (exact) mass is 923 g/mol. The lowest BCUT2D eigenvalue weighted by atomic mass is 10.0. The van der Waals surface area contributed by atoms with Crippen molar-refractivity contribution in [1.29, 1.82) is 0 Å². The Balaban J connectivity index is 4.32. The molecule has 0 spiro atoms. The first-order valence-electron chi connectivity index (χ1n) is 27.4. The Kier molecular flexibility index (Phi) is 45.9. The minimum absolute atomic E-state index is 0.00746. The maximum absolute atomic E-state index is 12.9. The molecular weight excluding hydrogens is 816 g/mol. The molecular formula is C55H107N2O6P. The minimum atomic E-state index is -4.60. The lowest BCUT2D eigenvalue weighted by Gasteiger charge is -2.29. The molecule has 0 saturated heterocycles. The molecule has 64 heavy (non-hydrogen) atoms. The lowest BCUT2D eigenvalue weighted by molar-refractivity contribution is -0.870. The van der Waals surface area contributed by atoms with E-state index in [1.807, 2.05) is 27.2 Å². The number of hydrogen-bond donors (Lipinski definition) is 2. The summed E-state index contributed by atoms with van der Waals surface area (Å²) in [4.78, 5) is 25.4. The van der Waals surface area contributed by atoms with E-state index in [0.29, 0.717) is 17.4 Å². The van der Waals surface area contributed by atoms with Gasteiger partial charge in [-0.1, -0.05) is 243 Å². The number of quaternary nitrogens is 1. The third kappa shape index (κ3) is 48.6. The number of carbonyl (C=O) groups excluding carboxylic acids is 1. The number of allylic oxidation sites excluding steroid dienone is 5. The number of likely N-dealkylation sites (N-methyl/N-ethyl adjacent to an activating group) is 1. The molecule has 3 atom stereocenters. The van der Waals surface area contributed by atoms with Crippen molar-refractivity contribution >= 4 is 13.7 Å². The summed E-state index contributed by atoms with van der Waals surface area (Å²) < 4.78 is 23.3. The van der Waals surface area contributed by atoms with Crippen molar-refractivity contribution < 1.29 is 32.9 Å². The van der Waals surface area contributed by atoms with E-state index in [1.54, 1.807) is 6.08 Å². The molecule has 378 valence electrons. The Morgan fingerprint density at radius 1 is 0.531 bits per heavy atom. The molecule has 2 N–H and O–H groups in total. The Hall–Kier alpha value is -1.28. The van der Waals surface area contributed by atoms with Gasteiger partial charge in [0.1, 0.15) is 13.2 Å². The SMILES string of the molecule is CCCCCCCCCCCCCC/C=C/CC/C=C/CC/C=C/C(O)C(COP(=O)([O-])OCC[N+](C)(C)C)NC(=O)CCCCCCCCCCCCCCCCCCCCCC.